The Bertz CT molecular complexity index is 1610. The van der Waals surface area contributed by atoms with Gasteiger partial charge in [0, 0.05) is 42.8 Å². The van der Waals surface area contributed by atoms with Gasteiger partial charge in [-0.15, -0.1) is 0 Å². The summed E-state index contributed by atoms with van der Waals surface area (Å²) in [5, 5.41) is 9.88. The molecule has 1 saturated heterocycles. The van der Waals surface area contributed by atoms with Crippen molar-refractivity contribution in [1.82, 2.24) is 19.4 Å². The average Bonchev–Trinajstić information content (AvgIpc) is 2.92. The van der Waals surface area contributed by atoms with Gasteiger partial charge in [0.2, 0.25) is 0 Å². The lowest BCUT2D eigenvalue weighted by molar-refractivity contribution is 0.114. The van der Waals surface area contributed by atoms with E-state index in [4.69, 9.17) is 20.8 Å². The third-order valence-corrected chi connectivity index (χ3v) is 13.5. The molecule has 0 saturated carbocycles. The molecule has 0 unspecified atom stereocenters. The smallest absolute Gasteiger partial charge is 0.407 e. The molecule has 4 rings (SSSR count). The van der Waals surface area contributed by atoms with E-state index in [9.17, 15) is 14.7 Å². The summed E-state index contributed by atoms with van der Waals surface area (Å²) in [7, 11) is -2.00. The van der Waals surface area contributed by atoms with Gasteiger partial charge < -0.3 is 24.1 Å². The van der Waals surface area contributed by atoms with Crippen molar-refractivity contribution in [3.05, 3.63) is 51.4 Å². The molecule has 0 aliphatic carbocycles. The molecule has 2 atom stereocenters. The van der Waals surface area contributed by atoms with Crippen molar-refractivity contribution >= 4 is 42.7 Å². The van der Waals surface area contributed by atoms with Gasteiger partial charge in [-0.05, 0) is 50.0 Å². The van der Waals surface area contributed by atoms with Crippen LogP contribution in [-0.2, 0) is 4.43 Å². The standard InChI is InChI=1S/C31H43ClFN5O5Si/c1-18(2)26-27(25(10-11-34-26)42-12-13-43-44(8,9)31(5,6)7)38-24-15-22(32)23(33)14-21(24)28(35-29(38)39)36-16-20(4)37(30(40)41)17-19(36)3/h10-11,14-15,18-20H,12-13,16-17H2,1-9H3,(H,40,41)/t19-,20+/m0/s1. The molecule has 13 heteroatoms. The Morgan fingerprint density at radius 1 is 1.18 bits per heavy atom. The number of aromatic nitrogens is 3. The first-order chi connectivity index (χ1) is 20.4. The van der Waals surface area contributed by atoms with E-state index >= 15 is 4.39 Å². The SMILES string of the molecule is CC(C)c1nccc(OCCO[Si](C)(C)C(C)(C)C)c1-n1c(=O)nc(N2C[C@@H](C)N(C(=O)O)C[C@@H]2C)c2cc(F)c(Cl)cc21. The molecule has 1 amide bonds. The van der Waals surface area contributed by atoms with Gasteiger partial charge in [0.15, 0.2) is 8.32 Å². The Hall–Kier alpha value is -3.22. The number of carbonyl (C=O) groups is 1. The number of rotatable bonds is 8. The van der Waals surface area contributed by atoms with E-state index in [1.165, 1.54) is 21.6 Å². The van der Waals surface area contributed by atoms with E-state index in [0.717, 1.165) is 0 Å². The number of pyridine rings is 1. The molecule has 0 radical (unpaired) electrons. The number of piperazine rings is 1. The normalized spacial score (nSPS) is 17.9. The minimum atomic E-state index is -2.00. The van der Waals surface area contributed by atoms with Crippen LogP contribution in [0.5, 0.6) is 5.75 Å². The van der Waals surface area contributed by atoms with Crippen LogP contribution in [0.1, 0.15) is 60.1 Å². The molecule has 3 heterocycles. The predicted octanol–water partition coefficient (Wildman–Crippen LogP) is 6.67. The van der Waals surface area contributed by atoms with Gasteiger partial charge in [-0.25, -0.2) is 14.0 Å². The quantitative estimate of drug-likeness (QED) is 0.213. The van der Waals surface area contributed by atoms with Gasteiger partial charge in [-0.2, -0.15) is 4.98 Å². The van der Waals surface area contributed by atoms with Crippen molar-refractivity contribution in [2.45, 2.75) is 84.6 Å². The van der Waals surface area contributed by atoms with Crippen LogP contribution < -0.4 is 15.3 Å². The summed E-state index contributed by atoms with van der Waals surface area (Å²) < 4.78 is 29.0. The number of amides is 1. The van der Waals surface area contributed by atoms with Gasteiger partial charge in [-0.1, -0.05) is 46.2 Å². The number of carboxylic acid groups (broad SMARTS) is 1. The molecule has 240 valence electrons. The van der Waals surface area contributed by atoms with Gasteiger partial charge >= 0.3 is 11.8 Å². The van der Waals surface area contributed by atoms with E-state index in [2.05, 4.69) is 43.8 Å². The monoisotopic (exact) mass is 647 g/mol. The number of ether oxygens (including phenoxy) is 1. The Morgan fingerprint density at radius 3 is 2.48 bits per heavy atom. The molecule has 3 aromatic rings. The second-order valence-electron chi connectivity index (χ2n) is 13.3. The molecule has 1 aliphatic heterocycles. The number of hydrogen-bond acceptors (Lipinski definition) is 7. The van der Waals surface area contributed by atoms with Crippen molar-refractivity contribution in [2.24, 2.45) is 0 Å². The average molecular weight is 648 g/mol. The van der Waals surface area contributed by atoms with Crippen LogP contribution in [0.2, 0.25) is 23.2 Å². The molecule has 44 heavy (non-hydrogen) atoms. The lowest BCUT2D eigenvalue weighted by atomic mass is 10.1. The molecular weight excluding hydrogens is 605 g/mol. The molecule has 2 aromatic heterocycles. The van der Waals surface area contributed by atoms with Crippen molar-refractivity contribution in [3.63, 3.8) is 0 Å². The third-order valence-electron chi connectivity index (χ3n) is 8.71. The zero-order valence-corrected chi connectivity index (χ0v) is 28.7. The molecule has 10 nitrogen and oxygen atoms in total. The number of benzene rings is 1. The van der Waals surface area contributed by atoms with E-state index in [1.54, 1.807) is 19.2 Å². The second kappa shape index (κ2) is 12.6. The van der Waals surface area contributed by atoms with Crippen molar-refractivity contribution < 1.29 is 23.5 Å². The van der Waals surface area contributed by atoms with Gasteiger partial charge in [0.05, 0.1) is 22.8 Å². The molecule has 1 N–H and O–H groups in total. The van der Waals surface area contributed by atoms with Crippen LogP contribution in [0.3, 0.4) is 0 Å². The zero-order chi connectivity index (χ0) is 32.7. The maximum atomic E-state index is 15.0. The molecule has 1 fully saturated rings. The fraction of sp³-hybridized carbons (Fsp3) is 0.548. The first kappa shape index (κ1) is 33.7. The Kier molecular flexibility index (Phi) is 9.67. The fourth-order valence-electron chi connectivity index (χ4n) is 5.21. The van der Waals surface area contributed by atoms with Gasteiger partial charge in [0.25, 0.3) is 0 Å². The summed E-state index contributed by atoms with van der Waals surface area (Å²) in [5.74, 6) is -0.0780. The summed E-state index contributed by atoms with van der Waals surface area (Å²) in [4.78, 5) is 38.1. The van der Waals surface area contributed by atoms with Crippen LogP contribution in [0.4, 0.5) is 15.0 Å². The lowest BCUT2D eigenvalue weighted by Gasteiger charge is -2.43. The van der Waals surface area contributed by atoms with Gasteiger partial charge in [-0.3, -0.25) is 9.55 Å². The van der Waals surface area contributed by atoms with E-state index in [-0.39, 0.29) is 53.6 Å². The third kappa shape index (κ3) is 6.57. The highest BCUT2D eigenvalue weighted by molar-refractivity contribution is 6.74. The Balaban J connectivity index is 1.85. The largest absolute Gasteiger partial charge is 0.489 e. The maximum absolute atomic E-state index is 15.0. The lowest BCUT2D eigenvalue weighted by Crippen LogP contribution is -2.58. The molecule has 1 aromatic carbocycles. The van der Waals surface area contributed by atoms with E-state index in [1.807, 2.05) is 25.7 Å². The highest BCUT2D eigenvalue weighted by Crippen LogP contribution is 2.38. The topological polar surface area (TPSA) is 110 Å². The first-order valence-electron chi connectivity index (χ1n) is 14.9. The zero-order valence-electron chi connectivity index (χ0n) is 26.9. The summed E-state index contributed by atoms with van der Waals surface area (Å²) in [6.07, 6.45) is 0.616. The molecule has 0 spiro atoms. The molecular formula is C31H43ClFN5O5Si. The van der Waals surface area contributed by atoms with Crippen LogP contribution in [-0.4, -0.2) is 77.3 Å². The first-order valence-corrected chi connectivity index (χ1v) is 18.2. The van der Waals surface area contributed by atoms with Gasteiger partial charge in [0.1, 0.15) is 29.7 Å². The minimum absolute atomic E-state index is 0.0450. The highest BCUT2D eigenvalue weighted by Gasteiger charge is 2.37. The summed E-state index contributed by atoms with van der Waals surface area (Å²) in [6.45, 7) is 19.5. The summed E-state index contributed by atoms with van der Waals surface area (Å²) >= 11 is 6.31. The van der Waals surface area contributed by atoms with Crippen LogP contribution >= 0.6 is 11.6 Å². The predicted molar refractivity (Wildman–Crippen MR) is 174 cm³/mol. The number of halogens is 2. The van der Waals surface area contributed by atoms with Crippen LogP contribution in [0, 0.1) is 5.82 Å². The highest BCUT2D eigenvalue weighted by atomic mass is 35.5. The summed E-state index contributed by atoms with van der Waals surface area (Å²) in [6, 6.07) is 3.69. The van der Waals surface area contributed by atoms with E-state index < -0.39 is 25.9 Å². The van der Waals surface area contributed by atoms with Crippen LogP contribution in [0.25, 0.3) is 16.6 Å². The van der Waals surface area contributed by atoms with Crippen molar-refractivity contribution in [1.29, 1.82) is 0 Å². The van der Waals surface area contributed by atoms with Crippen molar-refractivity contribution in [3.8, 4) is 11.4 Å². The number of anilines is 1. The van der Waals surface area contributed by atoms with E-state index in [0.29, 0.717) is 34.6 Å². The molecule has 1 aliphatic rings. The second-order valence-corrected chi connectivity index (χ2v) is 18.5. The maximum Gasteiger partial charge on any atom is 0.407 e. The fourth-order valence-corrected chi connectivity index (χ4v) is 6.39. The number of hydrogen-bond donors (Lipinski definition) is 1. The minimum Gasteiger partial charge on any atom is -0.489 e. The summed E-state index contributed by atoms with van der Waals surface area (Å²) in [5.41, 5.74) is 0.726. The Morgan fingerprint density at radius 2 is 1.86 bits per heavy atom. The van der Waals surface area contributed by atoms with Crippen molar-refractivity contribution in [2.75, 3.05) is 31.2 Å². The number of nitrogens with zero attached hydrogens (tertiary/aromatic N) is 5. The molecule has 0 bridgehead atoms. The number of fused-ring (bicyclic) bond motifs is 1. The van der Waals surface area contributed by atoms with Crippen LogP contribution in [0.15, 0.2) is 29.2 Å². The Labute approximate surface area is 263 Å².